The van der Waals surface area contributed by atoms with E-state index in [1.807, 2.05) is 0 Å². The van der Waals surface area contributed by atoms with Crippen LogP contribution in [0.4, 0.5) is 0 Å². The van der Waals surface area contributed by atoms with Crippen molar-refractivity contribution < 1.29 is 0 Å². The van der Waals surface area contributed by atoms with Crippen LogP contribution in [0.5, 0.6) is 0 Å². The molecule has 6 rings (SSSR count). The van der Waals surface area contributed by atoms with Crippen molar-refractivity contribution in [2.75, 3.05) is 0 Å². The van der Waals surface area contributed by atoms with Crippen LogP contribution < -0.4 is 5.32 Å². The highest BCUT2D eigenvalue weighted by Crippen LogP contribution is 2.36. The first-order valence-corrected chi connectivity index (χ1v) is 9.73. The van der Waals surface area contributed by atoms with E-state index >= 15 is 0 Å². The van der Waals surface area contributed by atoms with Gasteiger partial charge < -0.3 is 10.3 Å². The molecule has 2 N–H and O–H groups in total. The molecule has 0 spiro atoms. The number of nitrogens with one attached hydrogen (secondary N) is 2. The lowest BCUT2D eigenvalue weighted by atomic mass is 9.89. The maximum Gasteiger partial charge on any atom is 0.0478 e. The molecule has 7 bridgehead atoms. The van der Waals surface area contributed by atoms with Crippen molar-refractivity contribution in [1.82, 2.24) is 10.3 Å². The molecule has 1 aliphatic carbocycles. The number of hydrogen-bond acceptors (Lipinski definition) is 1. The lowest BCUT2D eigenvalue weighted by molar-refractivity contribution is 0.452. The third-order valence-electron chi connectivity index (χ3n) is 6.24. The molecule has 0 amide bonds. The zero-order valence-corrected chi connectivity index (χ0v) is 14.9. The summed E-state index contributed by atoms with van der Waals surface area (Å²) in [5, 5.41) is 5.26. The van der Waals surface area contributed by atoms with Gasteiger partial charge in [-0.15, -0.1) is 0 Å². The smallest absolute Gasteiger partial charge is 0.0478 e. The van der Waals surface area contributed by atoms with Gasteiger partial charge in [0.05, 0.1) is 0 Å². The molecular weight excluding hydrogens is 304 g/mol. The molecule has 2 nitrogen and oxygen atoms in total. The van der Waals surface area contributed by atoms with Gasteiger partial charge in [-0.05, 0) is 72.4 Å². The van der Waals surface area contributed by atoms with Crippen molar-refractivity contribution in [3.63, 3.8) is 0 Å². The minimum atomic E-state index is 0.446. The zero-order chi connectivity index (χ0) is 16.8. The minimum Gasteiger partial charge on any atom is -0.357 e. The van der Waals surface area contributed by atoms with Gasteiger partial charge in [0.15, 0.2) is 0 Å². The molecule has 0 fully saturated rings. The van der Waals surface area contributed by atoms with Crippen LogP contribution in [0.25, 0.3) is 10.9 Å². The van der Waals surface area contributed by atoms with Gasteiger partial charge in [-0.3, -0.25) is 0 Å². The first kappa shape index (κ1) is 15.2. The lowest BCUT2D eigenvalue weighted by Gasteiger charge is -2.24. The Bertz CT molecular complexity index is 904. The average molecular weight is 330 g/mol. The number of H-pyrrole nitrogens is 1. The van der Waals surface area contributed by atoms with Gasteiger partial charge in [-0.2, -0.15) is 0 Å². The Labute approximate surface area is 149 Å². The van der Waals surface area contributed by atoms with Crippen LogP contribution in [0.15, 0.2) is 42.5 Å². The summed E-state index contributed by atoms with van der Waals surface area (Å²) in [5.41, 5.74) is 8.61. The second-order valence-electron chi connectivity index (χ2n) is 7.90. The van der Waals surface area contributed by atoms with E-state index in [1.54, 1.807) is 5.56 Å². The van der Waals surface area contributed by atoms with Crippen molar-refractivity contribution in [2.24, 2.45) is 0 Å². The second-order valence-corrected chi connectivity index (χ2v) is 7.90. The molecule has 0 radical (unpaired) electrons. The predicted octanol–water partition coefficient (Wildman–Crippen LogP) is 5.38. The number of benzene rings is 2. The number of fused-ring (bicyclic) bond motifs is 5. The summed E-state index contributed by atoms with van der Waals surface area (Å²) in [7, 11) is 0. The third-order valence-corrected chi connectivity index (χ3v) is 6.24. The van der Waals surface area contributed by atoms with Crippen molar-refractivity contribution in [1.29, 1.82) is 0 Å². The molecule has 2 unspecified atom stereocenters. The number of aromatic amines is 1. The Hall–Kier alpha value is -2.06. The summed E-state index contributed by atoms with van der Waals surface area (Å²) < 4.78 is 0. The lowest BCUT2D eigenvalue weighted by Crippen LogP contribution is -2.24. The van der Waals surface area contributed by atoms with Crippen LogP contribution in [0.3, 0.4) is 0 Å². The monoisotopic (exact) mass is 330 g/mol. The van der Waals surface area contributed by atoms with E-state index in [2.05, 4.69) is 59.7 Å². The van der Waals surface area contributed by atoms with Gasteiger partial charge >= 0.3 is 0 Å². The molecule has 25 heavy (non-hydrogen) atoms. The Kier molecular flexibility index (Phi) is 3.67. The van der Waals surface area contributed by atoms with E-state index in [1.165, 1.54) is 59.0 Å². The summed E-state index contributed by atoms with van der Waals surface area (Å²) in [6.45, 7) is 3.32. The molecule has 3 aromatic rings. The molecule has 2 aliphatic heterocycles. The van der Waals surface area contributed by atoms with Crippen LogP contribution in [0.2, 0.25) is 0 Å². The van der Waals surface area contributed by atoms with Crippen molar-refractivity contribution >= 4 is 10.9 Å². The fourth-order valence-corrected chi connectivity index (χ4v) is 4.61. The molecule has 2 atom stereocenters. The van der Waals surface area contributed by atoms with Gasteiger partial charge in [0.2, 0.25) is 0 Å². The van der Waals surface area contributed by atoms with Crippen molar-refractivity contribution in [2.45, 2.75) is 57.5 Å². The van der Waals surface area contributed by atoms with Gasteiger partial charge in [0, 0.05) is 29.2 Å². The summed E-state index contributed by atoms with van der Waals surface area (Å²) in [6.07, 6.45) is 6.07. The molecule has 3 aliphatic rings. The maximum absolute atomic E-state index is 3.80. The molecule has 1 aromatic heterocycles. The Morgan fingerprint density at radius 3 is 2.64 bits per heavy atom. The number of aromatic nitrogens is 1. The fourth-order valence-electron chi connectivity index (χ4n) is 4.61. The molecule has 2 heteroatoms. The SMILES string of the molecule is CC1CCc2ccc(cc2)CNC2CCCc3c2[nH]c2ccc1cc32. The molecular formula is C23H26N2. The summed E-state index contributed by atoms with van der Waals surface area (Å²) in [6, 6.07) is 16.7. The van der Waals surface area contributed by atoms with Crippen molar-refractivity contribution in [3.8, 4) is 0 Å². The molecule has 2 aromatic carbocycles. The topological polar surface area (TPSA) is 27.8 Å². The predicted molar refractivity (Wildman–Crippen MR) is 104 cm³/mol. The fraction of sp³-hybridized carbons (Fsp3) is 0.391. The number of hydrogen-bond donors (Lipinski definition) is 2. The number of aryl methyl sites for hydroxylation is 2. The van der Waals surface area contributed by atoms with E-state index in [0.717, 1.165) is 13.0 Å². The van der Waals surface area contributed by atoms with Gasteiger partial charge in [0.1, 0.15) is 0 Å². The first-order chi connectivity index (χ1) is 12.3. The third kappa shape index (κ3) is 2.69. The standard InChI is InChI=1S/C23H26N2/c1-15-5-6-16-7-9-17(10-8-16)14-24-22-4-2-3-19-20-13-18(15)11-12-21(20)25-23(19)22/h7-13,15,22,24-25H,2-6,14H2,1H3. The average Bonchev–Trinajstić information content (AvgIpc) is 3.03. The summed E-state index contributed by atoms with van der Waals surface area (Å²) in [4.78, 5) is 3.74. The van der Waals surface area contributed by atoms with Crippen LogP contribution in [0.1, 0.15) is 66.1 Å². The first-order valence-electron chi connectivity index (χ1n) is 9.73. The van der Waals surface area contributed by atoms with E-state index in [0.29, 0.717) is 12.0 Å². The van der Waals surface area contributed by atoms with Crippen LogP contribution in [-0.2, 0) is 19.4 Å². The van der Waals surface area contributed by atoms with Crippen LogP contribution >= 0.6 is 0 Å². The Balaban J connectivity index is 1.63. The van der Waals surface area contributed by atoms with Crippen LogP contribution in [0, 0.1) is 0 Å². The van der Waals surface area contributed by atoms with Gasteiger partial charge in [-0.1, -0.05) is 37.3 Å². The van der Waals surface area contributed by atoms with E-state index in [9.17, 15) is 0 Å². The van der Waals surface area contributed by atoms with E-state index in [-0.39, 0.29) is 0 Å². The zero-order valence-electron chi connectivity index (χ0n) is 14.9. The van der Waals surface area contributed by atoms with Crippen LogP contribution in [-0.4, -0.2) is 4.98 Å². The summed E-state index contributed by atoms with van der Waals surface area (Å²) in [5.74, 6) is 0.595. The highest BCUT2D eigenvalue weighted by atomic mass is 14.9. The molecule has 0 saturated heterocycles. The second kappa shape index (κ2) is 6.03. The maximum atomic E-state index is 3.80. The van der Waals surface area contributed by atoms with E-state index in [4.69, 9.17) is 0 Å². The number of rotatable bonds is 0. The van der Waals surface area contributed by atoms with Gasteiger partial charge in [0.25, 0.3) is 0 Å². The molecule has 128 valence electrons. The Morgan fingerprint density at radius 2 is 1.76 bits per heavy atom. The highest BCUT2D eigenvalue weighted by Gasteiger charge is 2.24. The Morgan fingerprint density at radius 1 is 0.920 bits per heavy atom. The largest absolute Gasteiger partial charge is 0.357 e. The molecule has 0 saturated carbocycles. The normalized spacial score (nSPS) is 23.1. The molecule has 3 heterocycles. The van der Waals surface area contributed by atoms with Crippen molar-refractivity contribution in [3.05, 3.63) is 70.4 Å². The van der Waals surface area contributed by atoms with E-state index < -0.39 is 0 Å². The highest BCUT2D eigenvalue weighted by molar-refractivity contribution is 5.86. The minimum absolute atomic E-state index is 0.446. The van der Waals surface area contributed by atoms with Gasteiger partial charge in [-0.25, -0.2) is 0 Å². The quantitative estimate of drug-likeness (QED) is 0.568. The summed E-state index contributed by atoms with van der Waals surface area (Å²) >= 11 is 0.